The fourth-order valence-corrected chi connectivity index (χ4v) is 1.98. The lowest BCUT2D eigenvalue weighted by atomic mass is 10.0. The van der Waals surface area contributed by atoms with Crippen molar-refractivity contribution in [1.82, 2.24) is 0 Å². The molecule has 3 heteroatoms. The third-order valence-electron chi connectivity index (χ3n) is 2.39. The van der Waals surface area contributed by atoms with Gasteiger partial charge in [-0.15, -0.1) is 0 Å². The Hall–Kier alpha value is -0.410. The van der Waals surface area contributed by atoms with E-state index in [9.17, 15) is 4.39 Å². The Labute approximate surface area is 98.8 Å². The second kappa shape index (κ2) is 6.23. The van der Waals surface area contributed by atoms with Crippen LogP contribution in [0.4, 0.5) is 4.39 Å². The Morgan fingerprint density at radius 3 is 2.87 bits per heavy atom. The van der Waals surface area contributed by atoms with Crippen molar-refractivity contribution in [3.05, 3.63) is 35.1 Å². The zero-order valence-corrected chi connectivity index (χ0v) is 10.7. The fraction of sp³-hybridized carbons (Fsp3) is 0.500. The number of hydrogen-bond acceptors (Lipinski definition) is 1. The summed E-state index contributed by atoms with van der Waals surface area (Å²) in [6.45, 7) is 2.70. The van der Waals surface area contributed by atoms with Crippen LogP contribution >= 0.6 is 15.9 Å². The molecular weight excluding hydrogens is 259 g/mol. The summed E-state index contributed by atoms with van der Waals surface area (Å²) < 4.78 is 18.0. The molecule has 0 heterocycles. The van der Waals surface area contributed by atoms with E-state index < -0.39 is 0 Å². The van der Waals surface area contributed by atoms with E-state index in [0.717, 1.165) is 24.0 Å². The molecule has 0 aromatic heterocycles. The summed E-state index contributed by atoms with van der Waals surface area (Å²) >= 11 is 3.52. The third kappa shape index (κ3) is 4.31. The molecule has 1 unspecified atom stereocenters. The minimum atomic E-state index is -0.159. The van der Waals surface area contributed by atoms with Gasteiger partial charge in [-0.2, -0.15) is 0 Å². The van der Waals surface area contributed by atoms with E-state index in [1.54, 1.807) is 13.2 Å². The second-order valence-corrected chi connectivity index (χ2v) is 4.96. The van der Waals surface area contributed by atoms with Crippen LogP contribution in [0.5, 0.6) is 0 Å². The summed E-state index contributed by atoms with van der Waals surface area (Å²) in [6, 6.07) is 4.94. The molecule has 0 radical (unpaired) electrons. The Morgan fingerprint density at radius 2 is 2.20 bits per heavy atom. The van der Waals surface area contributed by atoms with Crippen molar-refractivity contribution in [3.63, 3.8) is 0 Å². The molecule has 0 bridgehead atoms. The summed E-state index contributed by atoms with van der Waals surface area (Å²) in [6.07, 6.45) is 1.83. The van der Waals surface area contributed by atoms with E-state index in [-0.39, 0.29) is 5.82 Å². The van der Waals surface area contributed by atoms with Gasteiger partial charge in [0.15, 0.2) is 0 Å². The predicted molar refractivity (Wildman–Crippen MR) is 64.0 cm³/mol. The highest BCUT2D eigenvalue weighted by Crippen LogP contribution is 2.16. The fourth-order valence-electron chi connectivity index (χ4n) is 1.49. The van der Waals surface area contributed by atoms with E-state index in [0.29, 0.717) is 11.4 Å². The molecule has 0 fully saturated rings. The third-order valence-corrected chi connectivity index (χ3v) is 3.11. The number of hydrogen-bond donors (Lipinski definition) is 0. The molecule has 0 amide bonds. The van der Waals surface area contributed by atoms with Gasteiger partial charge in [-0.1, -0.05) is 22.0 Å². The second-order valence-electron chi connectivity index (χ2n) is 3.66. The van der Waals surface area contributed by atoms with Crippen molar-refractivity contribution in [2.75, 3.05) is 13.7 Å². The largest absolute Gasteiger partial charge is 0.384 e. The minimum absolute atomic E-state index is 0.159. The maximum Gasteiger partial charge on any atom is 0.123 e. The van der Waals surface area contributed by atoms with Gasteiger partial charge in [0.05, 0.1) is 6.61 Å². The normalized spacial score (nSPS) is 12.8. The Kier molecular flexibility index (Phi) is 5.26. The van der Waals surface area contributed by atoms with Crippen LogP contribution in [0, 0.1) is 12.7 Å². The average Bonchev–Trinajstić information content (AvgIpc) is 2.20. The van der Waals surface area contributed by atoms with Gasteiger partial charge in [-0.25, -0.2) is 4.39 Å². The van der Waals surface area contributed by atoms with Crippen LogP contribution in [0.1, 0.15) is 17.5 Å². The monoisotopic (exact) mass is 274 g/mol. The quantitative estimate of drug-likeness (QED) is 0.747. The van der Waals surface area contributed by atoms with Crippen LogP contribution in [-0.2, 0) is 11.2 Å². The summed E-state index contributed by atoms with van der Waals surface area (Å²) in [4.78, 5) is 0.338. The number of methoxy groups -OCH3 is 1. The smallest absolute Gasteiger partial charge is 0.123 e. The number of benzene rings is 1. The van der Waals surface area contributed by atoms with Crippen LogP contribution in [0.15, 0.2) is 18.2 Å². The van der Waals surface area contributed by atoms with Gasteiger partial charge in [0.1, 0.15) is 5.82 Å². The molecule has 0 saturated heterocycles. The lowest BCUT2D eigenvalue weighted by Gasteiger charge is -2.10. The van der Waals surface area contributed by atoms with Crippen LogP contribution in [0.2, 0.25) is 0 Å². The SMILES string of the molecule is COCC(Br)CCc1cc(F)ccc1C. The van der Waals surface area contributed by atoms with Gasteiger partial charge in [0.25, 0.3) is 0 Å². The number of alkyl halides is 1. The van der Waals surface area contributed by atoms with Crippen molar-refractivity contribution in [2.24, 2.45) is 0 Å². The average molecular weight is 275 g/mol. The van der Waals surface area contributed by atoms with E-state index in [1.807, 2.05) is 13.0 Å². The summed E-state index contributed by atoms with van der Waals surface area (Å²) in [5.74, 6) is -0.159. The van der Waals surface area contributed by atoms with Crippen molar-refractivity contribution in [3.8, 4) is 0 Å². The number of halogens is 2. The maximum atomic E-state index is 13.0. The topological polar surface area (TPSA) is 9.23 Å². The Bertz CT molecular complexity index is 314. The first-order valence-electron chi connectivity index (χ1n) is 5.01. The molecule has 0 N–H and O–H groups in total. The molecule has 0 aliphatic carbocycles. The molecule has 1 atom stereocenters. The molecule has 0 aliphatic rings. The molecule has 1 aromatic carbocycles. The molecule has 84 valence electrons. The highest BCUT2D eigenvalue weighted by atomic mass is 79.9. The van der Waals surface area contributed by atoms with E-state index in [4.69, 9.17) is 4.74 Å². The summed E-state index contributed by atoms with van der Waals surface area (Å²) in [7, 11) is 1.68. The molecule has 0 spiro atoms. The van der Waals surface area contributed by atoms with Gasteiger partial charge in [-0.3, -0.25) is 0 Å². The van der Waals surface area contributed by atoms with Crippen LogP contribution < -0.4 is 0 Å². The predicted octanol–water partition coefficient (Wildman–Crippen LogP) is 3.48. The first-order valence-corrected chi connectivity index (χ1v) is 5.93. The van der Waals surface area contributed by atoms with Crippen LogP contribution in [-0.4, -0.2) is 18.5 Å². The molecule has 15 heavy (non-hydrogen) atoms. The van der Waals surface area contributed by atoms with Gasteiger partial charge >= 0.3 is 0 Å². The zero-order chi connectivity index (χ0) is 11.3. The van der Waals surface area contributed by atoms with Gasteiger partial charge in [0.2, 0.25) is 0 Å². The summed E-state index contributed by atoms with van der Waals surface area (Å²) in [5, 5.41) is 0. The first-order chi connectivity index (χ1) is 7.13. The van der Waals surface area contributed by atoms with Crippen molar-refractivity contribution >= 4 is 15.9 Å². The van der Waals surface area contributed by atoms with E-state index in [2.05, 4.69) is 15.9 Å². The van der Waals surface area contributed by atoms with E-state index >= 15 is 0 Å². The first kappa shape index (κ1) is 12.7. The van der Waals surface area contributed by atoms with Crippen molar-refractivity contribution in [2.45, 2.75) is 24.6 Å². The standard InChI is InChI=1S/C12H16BrFO/c1-9-3-6-12(14)7-10(9)4-5-11(13)8-15-2/h3,6-7,11H,4-5,8H2,1-2H3. The summed E-state index contributed by atoms with van der Waals surface area (Å²) in [5.41, 5.74) is 2.23. The molecule has 0 saturated carbocycles. The van der Waals surface area contributed by atoms with Gasteiger partial charge < -0.3 is 4.74 Å². The number of aryl methyl sites for hydroxylation is 2. The lowest BCUT2D eigenvalue weighted by molar-refractivity contribution is 0.198. The Balaban J connectivity index is 2.53. The molecule has 1 aromatic rings. The minimum Gasteiger partial charge on any atom is -0.384 e. The zero-order valence-electron chi connectivity index (χ0n) is 9.09. The van der Waals surface area contributed by atoms with Gasteiger partial charge in [-0.05, 0) is 43.0 Å². The lowest BCUT2D eigenvalue weighted by Crippen LogP contribution is -2.08. The van der Waals surface area contributed by atoms with Crippen LogP contribution in [0.25, 0.3) is 0 Å². The van der Waals surface area contributed by atoms with E-state index in [1.165, 1.54) is 6.07 Å². The molecular formula is C12H16BrFO. The number of rotatable bonds is 5. The maximum absolute atomic E-state index is 13.0. The Morgan fingerprint density at radius 1 is 1.47 bits per heavy atom. The van der Waals surface area contributed by atoms with Gasteiger partial charge in [0, 0.05) is 11.9 Å². The van der Waals surface area contributed by atoms with Crippen LogP contribution in [0.3, 0.4) is 0 Å². The molecule has 1 nitrogen and oxygen atoms in total. The highest BCUT2D eigenvalue weighted by molar-refractivity contribution is 9.09. The molecule has 0 aliphatic heterocycles. The number of ether oxygens (including phenoxy) is 1. The molecule has 1 rings (SSSR count). The van der Waals surface area contributed by atoms with Crippen molar-refractivity contribution in [1.29, 1.82) is 0 Å². The van der Waals surface area contributed by atoms with Crippen molar-refractivity contribution < 1.29 is 9.13 Å². The highest BCUT2D eigenvalue weighted by Gasteiger charge is 2.06.